The smallest absolute Gasteiger partial charge is 0.418 e. The van der Waals surface area contributed by atoms with Crippen LogP contribution >= 0.6 is 0 Å². The summed E-state index contributed by atoms with van der Waals surface area (Å²) in [6.45, 7) is 4.52. The first-order chi connectivity index (χ1) is 23.6. The second-order valence-corrected chi connectivity index (χ2v) is 15.1. The van der Waals surface area contributed by atoms with Gasteiger partial charge in [-0.1, -0.05) is 13.0 Å². The average Bonchev–Trinajstić information content (AvgIpc) is 3.24. The van der Waals surface area contributed by atoms with Crippen LogP contribution in [0.1, 0.15) is 85.1 Å². The molecular weight excluding hydrogens is 656 g/mol. The number of ether oxygens (including phenoxy) is 1. The molecule has 3 fully saturated rings. The van der Waals surface area contributed by atoms with E-state index in [0.717, 1.165) is 23.6 Å². The van der Waals surface area contributed by atoms with Crippen molar-refractivity contribution in [3.63, 3.8) is 0 Å². The van der Waals surface area contributed by atoms with Crippen LogP contribution in [0.25, 0.3) is 22.0 Å². The minimum atomic E-state index is -4.81. The van der Waals surface area contributed by atoms with E-state index in [1.807, 2.05) is 25.1 Å². The van der Waals surface area contributed by atoms with Crippen molar-refractivity contribution in [3.05, 3.63) is 76.2 Å². The van der Waals surface area contributed by atoms with Crippen LogP contribution in [-0.2, 0) is 12.6 Å². The van der Waals surface area contributed by atoms with Gasteiger partial charge in [0.2, 0.25) is 0 Å². The number of aryl methyl sites for hydroxylation is 2. The van der Waals surface area contributed by atoms with E-state index in [-0.39, 0.29) is 47.2 Å². The summed E-state index contributed by atoms with van der Waals surface area (Å²) in [5.41, 5.74) is 11.0. The first kappa shape index (κ1) is 33.1. The van der Waals surface area contributed by atoms with E-state index < -0.39 is 40.1 Å². The molecule has 0 radical (unpaired) electrons. The Morgan fingerprint density at radius 3 is 2.60 bits per heavy atom. The lowest BCUT2D eigenvalue weighted by Gasteiger charge is -2.32. The van der Waals surface area contributed by atoms with Crippen molar-refractivity contribution in [1.29, 1.82) is 0 Å². The number of nitrogens with two attached hydrogens (primary N) is 2. The fraction of sp³-hybridized carbons (Fsp3) is 0.474. The summed E-state index contributed by atoms with van der Waals surface area (Å²) in [5.74, 6) is -3.25. The molecule has 2 aliphatic carbocycles. The van der Waals surface area contributed by atoms with Gasteiger partial charge in [0.1, 0.15) is 29.8 Å². The third-order valence-corrected chi connectivity index (χ3v) is 12.0. The molecule has 2 aliphatic heterocycles. The summed E-state index contributed by atoms with van der Waals surface area (Å²) in [5, 5.41) is 0.748. The number of halogens is 6. The molecule has 2 aromatic carbocycles. The zero-order chi connectivity index (χ0) is 35.4. The van der Waals surface area contributed by atoms with Gasteiger partial charge >= 0.3 is 6.18 Å². The Labute approximate surface area is 286 Å². The Kier molecular flexibility index (Phi) is 7.43. The third-order valence-electron chi connectivity index (χ3n) is 12.0. The first-order valence-electron chi connectivity index (χ1n) is 17.2. The van der Waals surface area contributed by atoms with Gasteiger partial charge in [0.05, 0.1) is 22.2 Å². The lowest BCUT2D eigenvalue weighted by Crippen LogP contribution is -2.43. The van der Waals surface area contributed by atoms with Gasteiger partial charge in [-0.05, 0) is 122 Å². The van der Waals surface area contributed by atoms with E-state index in [1.54, 1.807) is 12.3 Å². The number of pyridine rings is 2. The molecule has 2 aromatic heterocycles. The molecule has 1 unspecified atom stereocenters. The van der Waals surface area contributed by atoms with Crippen molar-refractivity contribution in [3.8, 4) is 17.0 Å². The molecule has 4 aromatic rings. The highest BCUT2D eigenvalue weighted by molar-refractivity contribution is 5.95. The molecule has 2 saturated heterocycles. The summed E-state index contributed by atoms with van der Waals surface area (Å²) < 4.78 is 96.1. The van der Waals surface area contributed by atoms with E-state index in [2.05, 4.69) is 14.9 Å². The highest BCUT2D eigenvalue weighted by atomic mass is 19.4. The van der Waals surface area contributed by atoms with Gasteiger partial charge in [0.25, 0.3) is 5.92 Å². The van der Waals surface area contributed by atoms with E-state index >= 15 is 4.39 Å². The first-order valence-corrected chi connectivity index (χ1v) is 17.2. The molecular formula is C38H39F6N5O. The molecule has 4 heterocycles. The van der Waals surface area contributed by atoms with E-state index in [1.165, 1.54) is 13.0 Å². The largest absolute Gasteiger partial charge is 0.492 e. The van der Waals surface area contributed by atoms with E-state index in [0.29, 0.717) is 67.7 Å². The summed E-state index contributed by atoms with van der Waals surface area (Å²) in [4.78, 5) is 10.5. The quantitative estimate of drug-likeness (QED) is 0.196. The highest BCUT2D eigenvalue weighted by Gasteiger charge is 2.77. The molecule has 4 atom stereocenters. The minimum Gasteiger partial charge on any atom is -0.492 e. The number of hydrogen-bond acceptors (Lipinski definition) is 6. The fourth-order valence-electron chi connectivity index (χ4n) is 9.51. The molecule has 264 valence electrons. The Balaban J connectivity index is 1.29. The Morgan fingerprint density at radius 2 is 1.88 bits per heavy atom. The predicted molar refractivity (Wildman–Crippen MR) is 180 cm³/mol. The summed E-state index contributed by atoms with van der Waals surface area (Å²) >= 11 is 0. The topological polar surface area (TPSA) is 90.3 Å². The minimum absolute atomic E-state index is 0.121. The molecule has 4 aliphatic rings. The number of anilines is 2. The van der Waals surface area contributed by atoms with Gasteiger partial charge in [-0.2, -0.15) is 13.2 Å². The van der Waals surface area contributed by atoms with Gasteiger partial charge in [0.15, 0.2) is 0 Å². The maximum atomic E-state index is 17.1. The van der Waals surface area contributed by atoms with Crippen LogP contribution in [0, 0.1) is 18.2 Å². The molecule has 0 amide bonds. The number of benzene rings is 2. The maximum absolute atomic E-state index is 17.1. The van der Waals surface area contributed by atoms with Gasteiger partial charge in [-0.3, -0.25) is 4.90 Å². The number of aromatic nitrogens is 2. The Bertz CT molecular complexity index is 2030. The number of fused-ring (bicyclic) bond motifs is 1. The number of hydrogen-bond donors (Lipinski definition) is 2. The fourth-order valence-corrected chi connectivity index (χ4v) is 9.51. The second kappa shape index (κ2) is 11.2. The lowest BCUT2D eigenvalue weighted by atomic mass is 9.79. The standard InChI is InChI=1S/C38H39F6N5O/c1-20-12-29(45)48-33(31(20)38(42,43)44)28-13-22-6-3-7-24(21(2)25-8-4-10-47-34(25)46)26-14-23(15-27(30(22)26)32(28)39)50-19-36-9-5-11-49(36)18-35(16-36)17-37(35,40)41/h4,8,10,12-15,21,24H,3,5-7,9,11,16-19H2,1-2H3,(H2,45,48)(H2,46,47)/t21-,24?,35-,36+/m1/s1. The highest BCUT2D eigenvalue weighted by Crippen LogP contribution is 2.69. The third kappa shape index (κ3) is 5.11. The van der Waals surface area contributed by atoms with Crippen molar-refractivity contribution in [2.24, 2.45) is 5.41 Å². The number of nitrogen functional groups attached to an aromatic ring is 2. The molecule has 50 heavy (non-hydrogen) atoms. The number of nitrogens with zero attached hydrogens (tertiary/aromatic N) is 3. The zero-order valence-electron chi connectivity index (χ0n) is 27.9. The molecule has 6 nitrogen and oxygen atoms in total. The van der Waals surface area contributed by atoms with Gasteiger partial charge < -0.3 is 16.2 Å². The average molecular weight is 696 g/mol. The van der Waals surface area contributed by atoms with Gasteiger partial charge in [-0.25, -0.2) is 23.1 Å². The molecule has 12 heteroatoms. The Morgan fingerprint density at radius 1 is 1.10 bits per heavy atom. The molecule has 8 rings (SSSR count). The predicted octanol–water partition coefficient (Wildman–Crippen LogP) is 8.79. The van der Waals surface area contributed by atoms with E-state index in [9.17, 15) is 22.0 Å². The summed E-state index contributed by atoms with van der Waals surface area (Å²) in [7, 11) is 0. The summed E-state index contributed by atoms with van der Waals surface area (Å²) in [6.07, 6.45) is 0.487. The van der Waals surface area contributed by atoms with Crippen molar-refractivity contribution in [2.75, 3.05) is 31.2 Å². The van der Waals surface area contributed by atoms with Gasteiger partial charge in [-0.15, -0.1) is 0 Å². The van der Waals surface area contributed by atoms with Crippen LogP contribution in [0.3, 0.4) is 0 Å². The monoisotopic (exact) mass is 695 g/mol. The molecule has 0 bridgehead atoms. The Hall–Kier alpha value is -4.06. The number of alkyl halides is 5. The molecule has 4 N–H and O–H groups in total. The SMILES string of the molecule is Cc1cc(N)nc(-c2cc3c4c(cc(OC[C@@]56CCCN5C[C@]5(CC5(F)F)C6)cc4c2F)C([C@@H](C)c2cccnc2N)CCC3)c1C(F)(F)F. The van der Waals surface area contributed by atoms with Crippen LogP contribution in [0.15, 0.2) is 42.6 Å². The van der Waals surface area contributed by atoms with Crippen molar-refractivity contribution in [1.82, 2.24) is 14.9 Å². The van der Waals surface area contributed by atoms with Crippen LogP contribution < -0.4 is 16.2 Å². The second-order valence-electron chi connectivity index (χ2n) is 15.1. The van der Waals surface area contributed by atoms with Crippen LogP contribution in [0.2, 0.25) is 0 Å². The maximum Gasteiger partial charge on any atom is 0.418 e. The van der Waals surface area contributed by atoms with Gasteiger partial charge in [0, 0.05) is 30.1 Å². The lowest BCUT2D eigenvalue weighted by molar-refractivity contribution is -0.137. The van der Waals surface area contributed by atoms with Crippen molar-refractivity contribution in [2.45, 2.75) is 88.3 Å². The summed E-state index contributed by atoms with van der Waals surface area (Å²) in [6, 6.07) is 9.82. The van der Waals surface area contributed by atoms with Crippen LogP contribution in [0.4, 0.5) is 38.0 Å². The van der Waals surface area contributed by atoms with E-state index in [4.69, 9.17) is 16.2 Å². The zero-order valence-corrected chi connectivity index (χ0v) is 27.9. The normalized spacial score (nSPS) is 26.3. The van der Waals surface area contributed by atoms with Crippen LogP contribution in [-0.4, -0.2) is 46.0 Å². The van der Waals surface area contributed by atoms with Crippen molar-refractivity contribution < 1.29 is 31.1 Å². The molecule has 1 saturated carbocycles. The van der Waals surface area contributed by atoms with Crippen LogP contribution in [0.5, 0.6) is 5.75 Å². The van der Waals surface area contributed by atoms with Crippen molar-refractivity contribution >= 4 is 22.4 Å². The molecule has 1 spiro atoms. The number of rotatable bonds is 6.